The number of rotatable bonds is 2. The zero-order valence-corrected chi connectivity index (χ0v) is 17.0. The summed E-state index contributed by atoms with van der Waals surface area (Å²) >= 11 is 12.5. The number of nitrogens with zero attached hydrogens (tertiary/aromatic N) is 2. The van der Waals surface area contributed by atoms with Crippen LogP contribution in [0.1, 0.15) is 28.6 Å². The fraction of sp³-hybridized carbons (Fsp3) is 0.273. The van der Waals surface area contributed by atoms with Crippen LogP contribution in [0.25, 0.3) is 11.3 Å². The van der Waals surface area contributed by atoms with Gasteiger partial charge in [0.25, 0.3) is 11.5 Å². The van der Waals surface area contributed by atoms with Gasteiger partial charge in [0.15, 0.2) is 5.76 Å². The molecule has 0 unspecified atom stereocenters. The van der Waals surface area contributed by atoms with Gasteiger partial charge in [-0.2, -0.15) is 0 Å². The highest BCUT2D eigenvalue weighted by Crippen LogP contribution is 2.38. The fourth-order valence-electron chi connectivity index (χ4n) is 4.54. The van der Waals surface area contributed by atoms with E-state index >= 15 is 0 Å². The van der Waals surface area contributed by atoms with Crippen molar-refractivity contribution >= 4 is 29.1 Å². The maximum atomic E-state index is 13.1. The van der Waals surface area contributed by atoms with Crippen LogP contribution in [0.3, 0.4) is 0 Å². The Morgan fingerprint density at radius 1 is 0.966 bits per heavy atom. The number of pyridine rings is 1. The van der Waals surface area contributed by atoms with E-state index in [4.69, 9.17) is 27.6 Å². The molecule has 0 radical (unpaired) electrons. The van der Waals surface area contributed by atoms with Gasteiger partial charge in [-0.25, -0.2) is 0 Å². The van der Waals surface area contributed by atoms with E-state index in [9.17, 15) is 9.59 Å². The summed E-state index contributed by atoms with van der Waals surface area (Å²) in [6.45, 7) is 1.83. The molecule has 1 amide bonds. The Morgan fingerprint density at radius 2 is 1.72 bits per heavy atom. The highest BCUT2D eigenvalue weighted by Gasteiger charge is 2.37. The number of amides is 1. The summed E-state index contributed by atoms with van der Waals surface area (Å²) in [6.07, 6.45) is 0.992. The summed E-state index contributed by atoms with van der Waals surface area (Å²) in [5.74, 6) is 1.01. The maximum Gasteiger partial charge on any atom is 0.289 e. The van der Waals surface area contributed by atoms with Gasteiger partial charge in [0, 0.05) is 37.3 Å². The molecule has 0 N–H and O–H groups in total. The summed E-state index contributed by atoms with van der Waals surface area (Å²) in [5.41, 5.74) is 1.62. The van der Waals surface area contributed by atoms with Crippen LogP contribution in [0.4, 0.5) is 0 Å². The summed E-state index contributed by atoms with van der Waals surface area (Å²) < 4.78 is 7.69. The molecule has 2 aromatic heterocycles. The first-order valence-corrected chi connectivity index (χ1v) is 10.3. The number of carbonyl (C=O) groups is 1. The van der Waals surface area contributed by atoms with Gasteiger partial charge in [-0.05, 0) is 42.7 Å². The van der Waals surface area contributed by atoms with E-state index in [0.29, 0.717) is 41.0 Å². The lowest BCUT2D eigenvalue weighted by molar-refractivity contribution is 0.0564. The van der Waals surface area contributed by atoms with Crippen molar-refractivity contribution in [1.82, 2.24) is 9.47 Å². The normalized spacial score (nSPS) is 20.4. The van der Waals surface area contributed by atoms with E-state index in [1.54, 1.807) is 42.5 Å². The zero-order chi connectivity index (χ0) is 20.1. The molecule has 2 atom stereocenters. The quantitative estimate of drug-likeness (QED) is 0.595. The molecule has 0 aliphatic carbocycles. The van der Waals surface area contributed by atoms with E-state index in [1.165, 1.54) is 0 Å². The third-order valence-electron chi connectivity index (χ3n) is 5.79. The van der Waals surface area contributed by atoms with Crippen LogP contribution >= 0.6 is 23.2 Å². The van der Waals surface area contributed by atoms with Gasteiger partial charge >= 0.3 is 0 Å². The first-order chi connectivity index (χ1) is 14.0. The standard InChI is InChI=1S/C22H18Cl2N2O3/c23-15-3-1-4-16(24)21(15)18-7-8-19(29-18)22(28)25-10-13-9-14(12-25)17-5-2-6-20(27)26(17)11-13/h1-8,13-14H,9-12H2/t13-,14-/m0/s1. The largest absolute Gasteiger partial charge is 0.451 e. The van der Waals surface area contributed by atoms with Crippen molar-refractivity contribution in [3.8, 4) is 11.3 Å². The second-order valence-corrected chi connectivity index (χ2v) is 8.48. The van der Waals surface area contributed by atoms with Crippen molar-refractivity contribution in [2.24, 2.45) is 5.92 Å². The van der Waals surface area contributed by atoms with Crippen molar-refractivity contribution in [3.63, 3.8) is 0 Å². The summed E-state index contributed by atoms with van der Waals surface area (Å²) in [6, 6.07) is 14.0. The molecule has 0 spiro atoms. The summed E-state index contributed by atoms with van der Waals surface area (Å²) in [7, 11) is 0. The number of piperidine rings is 1. The SMILES string of the molecule is O=C(c1ccc(-c2c(Cl)cccc2Cl)o1)N1C[C@@H]2C[C@@H](C1)c1cccc(=O)n1C2. The lowest BCUT2D eigenvalue weighted by atomic mass is 9.83. The molecule has 29 heavy (non-hydrogen) atoms. The summed E-state index contributed by atoms with van der Waals surface area (Å²) in [4.78, 5) is 27.1. The third-order valence-corrected chi connectivity index (χ3v) is 6.42. The van der Waals surface area contributed by atoms with Gasteiger partial charge in [-0.1, -0.05) is 35.3 Å². The predicted octanol–water partition coefficient (Wildman–Crippen LogP) is 4.67. The van der Waals surface area contributed by atoms with Crippen LogP contribution < -0.4 is 5.56 Å². The Hall–Kier alpha value is -2.50. The van der Waals surface area contributed by atoms with E-state index in [-0.39, 0.29) is 29.1 Å². The molecule has 2 bridgehead atoms. The molecule has 0 saturated carbocycles. The highest BCUT2D eigenvalue weighted by molar-refractivity contribution is 6.39. The van der Waals surface area contributed by atoms with Crippen molar-refractivity contribution in [1.29, 1.82) is 0 Å². The van der Waals surface area contributed by atoms with Gasteiger partial charge in [-0.3, -0.25) is 9.59 Å². The number of benzene rings is 1. The lowest BCUT2D eigenvalue weighted by Crippen LogP contribution is -2.49. The molecule has 2 aliphatic heterocycles. The molecule has 4 heterocycles. The van der Waals surface area contributed by atoms with Gasteiger partial charge < -0.3 is 13.9 Å². The zero-order valence-electron chi connectivity index (χ0n) is 15.5. The Labute approximate surface area is 177 Å². The third kappa shape index (κ3) is 3.18. The number of hydrogen-bond donors (Lipinski definition) is 0. The molecule has 148 valence electrons. The number of hydrogen-bond acceptors (Lipinski definition) is 3. The number of furan rings is 1. The number of fused-ring (bicyclic) bond motifs is 4. The molecule has 1 aromatic carbocycles. The van der Waals surface area contributed by atoms with E-state index in [1.807, 2.05) is 15.5 Å². The molecule has 5 rings (SSSR count). The first-order valence-electron chi connectivity index (χ1n) is 9.54. The highest BCUT2D eigenvalue weighted by atomic mass is 35.5. The Kier molecular flexibility index (Phi) is 4.52. The Balaban J connectivity index is 1.42. The number of carbonyl (C=O) groups excluding carboxylic acids is 1. The second-order valence-electron chi connectivity index (χ2n) is 7.67. The molecule has 1 saturated heterocycles. The topological polar surface area (TPSA) is 55.5 Å². The minimum absolute atomic E-state index is 0.0317. The fourth-order valence-corrected chi connectivity index (χ4v) is 5.12. The van der Waals surface area contributed by atoms with Crippen LogP contribution in [0.15, 0.2) is 57.7 Å². The molecular formula is C22H18Cl2N2O3. The van der Waals surface area contributed by atoms with Crippen molar-refractivity contribution in [2.75, 3.05) is 13.1 Å². The second kappa shape index (κ2) is 7.08. The van der Waals surface area contributed by atoms with Crippen LogP contribution in [0, 0.1) is 5.92 Å². The smallest absolute Gasteiger partial charge is 0.289 e. The van der Waals surface area contributed by atoms with Crippen LogP contribution in [0.2, 0.25) is 10.0 Å². The number of halogens is 2. The Bertz CT molecular complexity index is 1150. The maximum absolute atomic E-state index is 13.1. The van der Waals surface area contributed by atoms with Gasteiger partial charge in [-0.15, -0.1) is 0 Å². The molecule has 1 fully saturated rings. The van der Waals surface area contributed by atoms with E-state index in [0.717, 1.165) is 12.1 Å². The van der Waals surface area contributed by atoms with Gasteiger partial charge in [0.2, 0.25) is 0 Å². The van der Waals surface area contributed by atoms with Gasteiger partial charge in [0.1, 0.15) is 5.76 Å². The van der Waals surface area contributed by atoms with E-state index in [2.05, 4.69) is 0 Å². The molecule has 3 aromatic rings. The van der Waals surface area contributed by atoms with Crippen LogP contribution in [-0.2, 0) is 6.54 Å². The van der Waals surface area contributed by atoms with Crippen molar-refractivity contribution in [3.05, 3.63) is 80.4 Å². The Morgan fingerprint density at radius 3 is 2.52 bits per heavy atom. The minimum Gasteiger partial charge on any atom is -0.451 e. The molecule has 5 nitrogen and oxygen atoms in total. The predicted molar refractivity (Wildman–Crippen MR) is 112 cm³/mol. The van der Waals surface area contributed by atoms with Crippen molar-refractivity contribution in [2.45, 2.75) is 18.9 Å². The van der Waals surface area contributed by atoms with Crippen molar-refractivity contribution < 1.29 is 9.21 Å². The van der Waals surface area contributed by atoms with Crippen LogP contribution in [0.5, 0.6) is 0 Å². The monoisotopic (exact) mass is 428 g/mol. The van der Waals surface area contributed by atoms with Crippen LogP contribution in [-0.4, -0.2) is 28.5 Å². The average molecular weight is 429 g/mol. The van der Waals surface area contributed by atoms with Gasteiger partial charge in [0.05, 0.1) is 15.6 Å². The number of aromatic nitrogens is 1. The molecule has 7 heteroatoms. The first kappa shape index (κ1) is 18.5. The molecular weight excluding hydrogens is 411 g/mol. The average Bonchev–Trinajstić information content (AvgIpc) is 3.18. The number of likely N-dealkylation sites (tertiary alicyclic amines) is 1. The lowest BCUT2D eigenvalue weighted by Gasteiger charge is -2.42. The summed E-state index contributed by atoms with van der Waals surface area (Å²) in [5, 5.41) is 0.945. The molecule has 2 aliphatic rings. The minimum atomic E-state index is -0.152. The van der Waals surface area contributed by atoms with E-state index < -0.39 is 0 Å².